The molecule has 1 saturated heterocycles. The van der Waals surface area contributed by atoms with Gasteiger partial charge in [0.15, 0.2) is 0 Å². The number of nitrogens with one attached hydrogen (secondary N) is 1. The third-order valence-electron chi connectivity index (χ3n) is 4.21. The van der Waals surface area contributed by atoms with Gasteiger partial charge in [-0.05, 0) is 54.9 Å². The summed E-state index contributed by atoms with van der Waals surface area (Å²) in [5, 5.41) is 2.06. The minimum Gasteiger partial charge on any atom is -0.492 e. The smallest absolute Gasteiger partial charge is 0.286 e. The molecule has 136 valence electrons. The Kier molecular flexibility index (Phi) is 5.46. The number of benzene rings is 1. The Morgan fingerprint density at radius 1 is 1.19 bits per heavy atom. The maximum atomic E-state index is 11.9. The number of thioether (sulfide) groups is 1. The fourth-order valence-corrected chi connectivity index (χ4v) is 3.64. The molecular formula is C19H21N3O3S. The van der Waals surface area contributed by atoms with E-state index in [0.29, 0.717) is 13.0 Å². The third kappa shape index (κ3) is 4.35. The highest BCUT2D eigenvalue weighted by atomic mass is 32.2. The zero-order chi connectivity index (χ0) is 18.6. The van der Waals surface area contributed by atoms with E-state index in [1.54, 1.807) is 13.1 Å². The van der Waals surface area contributed by atoms with E-state index in [-0.39, 0.29) is 11.1 Å². The van der Waals surface area contributed by atoms with Crippen LogP contribution in [0.1, 0.15) is 12.5 Å². The molecule has 0 radical (unpaired) electrons. The van der Waals surface area contributed by atoms with Crippen LogP contribution in [-0.2, 0) is 11.2 Å². The summed E-state index contributed by atoms with van der Waals surface area (Å²) in [5.41, 5.74) is 0.989. The number of nitrogens with zero attached hydrogens (tertiary/aromatic N) is 2. The first-order chi connectivity index (χ1) is 12.5. The summed E-state index contributed by atoms with van der Waals surface area (Å²) < 4.78 is 5.03. The number of imide groups is 1. The maximum Gasteiger partial charge on any atom is 0.286 e. The fraction of sp³-hybridized carbons (Fsp3) is 0.316. The highest BCUT2D eigenvalue weighted by molar-refractivity contribution is 8.16. The molecule has 1 aromatic heterocycles. The molecule has 2 heterocycles. The number of anilines is 1. The molecule has 0 saturated carbocycles. The Balaban J connectivity index is 1.50. The molecule has 1 atom stereocenters. The van der Waals surface area contributed by atoms with Gasteiger partial charge in [-0.1, -0.05) is 18.2 Å². The molecule has 0 bridgehead atoms. The molecule has 2 amide bonds. The molecule has 0 unspecified atom stereocenters. The molecule has 7 heteroatoms. The molecule has 3 rings (SSSR count). The van der Waals surface area contributed by atoms with Crippen molar-refractivity contribution in [3.05, 3.63) is 54.2 Å². The lowest BCUT2D eigenvalue weighted by Gasteiger charge is -2.19. The molecule has 1 aliphatic heterocycles. The van der Waals surface area contributed by atoms with Crippen molar-refractivity contribution in [3.8, 4) is 5.75 Å². The minimum atomic E-state index is -0.745. The average molecular weight is 371 g/mol. The Morgan fingerprint density at radius 3 is 2.58 bits per heavy atom. The van der Waals surface area contributed by atoms with Gasteiger partial charge in [-0.15, -0.1) is 0 Å². The lowest BCUT2D eigenvalue weighted by atomic mass is 9.99. The molecule has 0 aliphatic carbocycles. The predicted octanol–water partition coefficient (Wildman–Crippen LogP) is 2.88. The van der Waals surface area contributed by atoms with Gasteiger partial charge >= 0.3 is 0 Å². The van der Waals surface area contributed by atoms with Crippen LogP contribution in [0.2, 0.25) is 0 Å². The SMILES string of the molecule is CN(CCOc1ccc(C[C@@]2(C)SC(=O)NC2=O)cc1)c1ccccn1. The highest BCUT2D eigenvalue weighted by Gasteiger charge is 2.43. The molecule has 0 spiro atoms. The second-order valence-electron chi connectivity index (χ2n) is 6.35. The Morgan fingerprint density at radius 2 is 1.96 bits per heavy atom. The molecule has 6 nitrogen and oxygen atoms in total. The predicted molar refractivity (Wildman–Crippen MR) is 103 cm³/mol. The zero-order valence-corrected chi connectivity index (χ0v) is 15.6. The summed E-state index contributed by atoms with van der Waals surface area (Å²) in [7, 11) is 1.97. The Hall–Kier alpha value is -2.54. The van der Waals surface area contributed by atoms with Gasteiger partial charge in [0.05, 0.1) is 6.54 Å². The number of carbonyl (C=O) groups is 2. The first kappa shape index (κ1) is 18.3. The summed E-state index contributed by atoms with van der Waals surface area (Å²) in [6.07, 6.45) is 2.26. The number of hydrogen-bond donors (Lipinski definition) is 1. The van der Waals surface area contributed by atoms with E-state index in [1.807, 2.05) is 54.4 Å². The Labute approximate surface area is 156 Å². The van der Waals surface area contributed by atoms with Crippen LogP contribution in [0.15, 0.2) is 48.7 Å². The van der Waals surface area contributed by atoms with Crippen molar-refractivity contribution in [2.24, 2.45) is 0 Å². The summed E-state index contributed by atoms with van der Waals surface area (Å²) in [5.74, 6) is 1.44. The van der Waals surface area contributed by atoms with E-state index < -0.39 is 4.75 Å². The monoisotopic (exact) mass is 371 g/mol. The maximum absolute atomic E-state index is 11.9. The van der Waals surface area contributed by atoms with Crippen molar-refractivity contribution in [2.45, 2.75) is 18.1 Å². The van der Waals surface area contributed by atoms with Crippen LogP contribution in [0, 0.1) is 0 Å². The van der Waals surface area contributed by atoms with E-state index >= 15 is 0 Å². The second-order valence-corrected chi connectivity index (χ2v) is 7.83. The number of likely N-dealkylation sites (N-methyl/N-ethyl adjacent to an activating group) is 1. The van der Waals surface area contributed by atoms with Crippen LogP contribution < -0.4 is 15.0 Å². The average Bonchev–Trinajstić information content (AvgIpc) is 2.88. The first-order valence-corrected chi connectivity index (χ1v) is 9.16. The van der Waals surface area contributed by atoms with Crippen LogP contribution in [-0.4, -0.2) is 41.1 Å². The van der Waals surface area contributed by atoms with Crippen LogP contribution >= 0.6 is 11.8 Å². The number of aromatic nitrogens is 1. The van der Waals surface area contributed by atoms with Crippen molar-refractivity contribution >= 4 is 28.7 Å². The minimum absolute atomic E-state index is 0.231. The van der Waals surface area contributed by atoms with Crippen molar-refractivity contribution in [2.75, 3.05) is 25.1 Å². The molecule has 1 aliphatic rings. The summed E-state index contributed by atoms with van der Waals surface area (Å²) in [6.45, 7) is 3.04. The van der Waals surface area contributed by atoms with E-state index in [1.165, 1.54) is 0 Å². The lowest BCUT2D eigenvalue weighted by molar-refractivity contribution is -0.121. The molecule has 1 aromatic carbocycles. The van der Waals surface area contributed by atoms with E-state index in [0.717, 1.165) is 35.4 Å². The lowest BCUT2D eigenvalue weighted by Crippen LogP contribution is -2.35. The van der Waals surface area contributed by atoms with Crippen molar-refractivity contribution in [1.29, 1.82) is 0 Å². The van der Waals surface area contributed by atoms with Crippen LogP contribution in [0.4, 0.5) is 10.6 Å². The van der Waals surface area contributed by atoms with Gasteiger partial charge in [0.1, 0.15) is 22.9 Å². The molecule has 2 aromatic rings. The van der Waals surface area contributed by atoms with Gasteiger partial charge in [0.2, 0.25) is 5.91 Å². The van der Waals surface area contributed by atoms with Gasteiger partial charge in [0.25, 0.3) is 5.24 Å². The zero-order valence-electron chi connectivity index (χ0n) is 14.8. The van der Waals surface area contributed by atoms with Gasteiger partial charge in [0, 0.05) is 13.2 Å². The normalized spacial score (nSPS) is 19.3. The molecule has 26 heavy (non-hydrogen) atoms. The van der Waals surface area contributed by atoms with Crippen LogP contribution in [0.5, 0.6) is 5.75 Å². The van der Waals surface area contributed by atoms with E-state index in [2.05, 4.69) is 10.3 Å². The summed E-state index contributed by atoms with van der Waals surface area (Å²) >= 11 is 1.05. The van der Waals surface area contributed by atoms with Gasteiger partial charge in [-0.25, -0.2) is 4.98 Å². The van der Waals surface area contributed by atoms with Crippen LogP contribution in [0.3, 0.4) is 0 Å². The van der Waals surface area contributed by atoms with Crippen molar-refractivity contribution < 1.29 is 14.3 Å². The summed E-state index contributed by atoms with van der Waals surface area (Å²) in [6, 6.07) is 13.4. The van der Waals surface area contributed by atoms with E-state index in [9.17, 15) is 9.59 Å². The fourth-order valence-electron chi connectivity index (χ4n) is 2.71. The first-order valence-electron chi connectivity index (χ1n) is 8.35. The van der Waals surface area contributed by atoms with E-state index in [4.69, 9.17) is 4.74 Å². The number of pyridine rings is 1. The number of rotatable bonds is 7. The molecular weight excluding hydrogens is 350 g/mol. The molecule has 1 N–H and O–H groups in total. The van der Waals surface area contributed by atoms with Crippen molar-refractivity contribution in [1.82, 2.24) is 10.3 Å². The van der Waals surface area contributed by atoms with Crippen LogP contribution in [0.25, 0.3) is 0 Å². The Bertz CT molecular complexity index is 782. The standard InChI is InChI=1S/C19H21N3O3S/c1-19(17(23)21-18(24)26-19)13-14-6-8-15(9-7-14)25-12-11-22(2)16-5-3-4-10-20-16/h3-10H,11-13H2,1-2H3,(H,21,23,24)/t19-/m1/s1. The van der Waals surface area contributed by atoms with Gasteiger partial charge < -0.3 is 9.64 Å². The number of amides is 2. The van der Waals surface area contributed by atoms with Gasteiger partial charge in [-0.3, -0.25) is 14.9 Å². The largest absolute Gasteiger partial charge is 0.492 e. The quantitative estimate of drug-likeness (QED) is 0.807. The summed E-state index contributed by atoms with van der Waals surface area (Å²) in [4.78, 5) is 29.6. The third-order valence-corrected chi connectivity index (χ3v) is 5.28. The number of hydrogen-bond acceptors (Lipinski definition) is 6. The van der Waals surface area contributed by atoms with Crippen molar-refractivity contribution in [3.63, 3.8) is 0 Å². The number of ether oxygens (including phenoxy) is 1. The van der Waals surface area contributed by atoms with Gasteiger partial charge in [-0.2, -0.15) is 0 Å². The topological polar surface area (TPSA) is 71.5 Å². The number of carbonyl (C=O) groups excluding carboxylic acids is 2. The molecule has 1 fully saturated rings. The second kappa shape index (κ2) is 7.78. The highest BCUT2D eigenvalue weighted by Crippen LogP contribution is 2.34.